The van der Waals surface area contributed by atoms with Crippen LogP contribution in [0.2, 0.25) is 0 Å². The van der Waals surface area contributed by atoms with Gasteiger partial charge in [-0.2, -0.15) is 0 Å². The van der Waals surface area contributed by atoms with Crippen LogP contribution >= 0.6 is 0 Å². The number of rotatable bonds is 8. The minimum atomic E-state index is -0.794. The monoisotopic (exact) mass is 383 g/mol. The molecule has 1 unspecified atom stereocenters. The average molecular weight is 383 g/mol. The predicted molar refractivity (Wildman–Crippen MR) is 106 cm³/mol. The molecule has 1 aromatic heterocycles. The van der Waals surface area contributed by atoms with Gasteiger partial charge >= 0.3 is 0 Å². The Morgan fingerprint density at radius 2 is 1.57 bits per heavy atom. The topological polar surface area (TPSA) is 85.0 Å². The van der Waals surface area contributed by atoms with E-state index in [0.717, 1.165) is 16.9 Å². The summed E-state index contributed by atoms with van der Waals surface area (Å²) in [6, 6.07) is 14.9. The zero-order chi connectivity index (χ0) is 20.1. The van der Waals surface area contributed by atoms with Crippen LogP contribution in [0.1, 0.15) is 25.8 Å². The number of methoxy groups -OCH3 is 1. The van der Waals surface area contributed by atoms with E-state index in [1.54, 1.807) is 7.11 Å². The summed E-state index contributed by atoms with van der Waals surface area (Å²) in [4.78, 5) is 4.58. The molecule has 0 aliphatic heterocycles. The molecule has 6 nitrogen and oxygen atoms in total. The molecule has 2 aromatic carbocycles. The molecular formula is C22H25NO5. The van der Waals surface area contributed by atoms with Crippen LogP contribution in [0.15, 0.2) is 52.9 Å². The Labute approximate surface area is 164 Å². The molecule has 0 fully saturated rings. The highest BCUT2D eigenvalue weighted by Gasteiger charge is 2.23. The van der Waals surface area contributed by atoms with Crippen molar-refractivity contribution in [3.63, 3.8) is 0 Å². The molecule has 148 valence electrons. The Bertz CT molecular complexity index is 884. The first-order valence-corrected chi connectivity index (χ1v) is 9.20. The van der Waals surface area contributed by atoms with Crippen molar-refractivity contribution in [2.75, 3.05) is 20.3 Å². The van der Waals surface area contributed by atoms with Gasteiger partial charge in [0.25, 0.3) is 0 Å². The quantitative estimate of drug-likeness (QED) is 0.610. The van der Waals surface area contributed by atoms with Crippen molar-refractivity contribution in [1.29, 1.82) is 0 Å². The normalized spacial score (nSPS) is 12.2. The number of aromatic nitrogens is 1. The van der Waals surface area contributed by atoms with E-state index in [-0.39, 0.29) is 25.0 Å². The standard InChI is InChI=1S/C22H25NO5/c1-14(2)20(25)22-23-19(15-4-8-17(26-3)9-5-15)21(28-22)16-6-10-18(11-7-16)27-13-12-24/h4-11,14,20,24-25H,12-13H2,1-3H3. The molecular weight excluding hydrogens is 358 g/mol. The molecule has 2 N–H and O–H groups in total. The lowest BCUT2D eigenvalue weighted by Crippen LogP contribution is -2.05. The molecule has 28 heavy (non-hydrogen) atoms. The predicted octanol–water partition coefficient (Wildman–Crippen LogP) is 4.08. The third kappa shape index (κ3) is 4.35. The van der Waals surface area contributed by atoms with Gasteiger partial charge in [0.1, 0.15) is 29.9 Å². The van der Waals surface area contributed by atoms with Gasteiger partial charge in [0.15, 0.2) is 5.76 Å². The highest BCUT2D eigenvalue weighted by Crippen LogP contribution is 2.36. The molecule has 1 atom stereocenters. The van der Waals surface area contributed by atoms with Gasteiger partial charge in [-0.1, -0.05) is 13.8 Å². The second-order valence-electron chi connectivity index (χ2n) is 6.74. The zero-order valence-corrected chi connectivity index (χ0v) is 16.3. The third-order valence-corrected chi connectivity index (χ3v) is 4.37. The van der Waals surface area contributed by atoms with Gasteiger partial charge in [-0.3, -0.25) is 0 Å². The molecule has 0 spiro atoms. The Kier molecular flexibility index (Phi) is 6.34. The third-order valence-electron chi connectivity index (χ3n) is 4.37. The molecule has 6 heteroatoms. The lowest BCUT2D eigenvalue weighted by molar-refractivity contribution is 0.0977. The number of aliphatic hydroxyl groups is 2. The number of hydrogen-bond acceptors (Lipinski definition) is 6. The average Bonchev–Trinajstić information content (AvgIpc) is 3.17. The van der Waals surface area contributed by atoms with Gasteiger partial charge in [0.2, 0.25) is 5.89 Å². The summed E-state index contributed by atoms with van der Waals surface area (Å²) in [5, 5.41) is 19.3. The number of oxazole rings is 1. The zero-order valence-electron chi connectivity index (χ0n) is 16.3. The molecule has 0 bridgehead atoms. The molecule has 0 aliphatic rings. The van der Waals surface area contributed by atoms with Crippen LogP contribution in [0, 0.1) is 5.92 Å². The number of ether oxygens (including phenoxy) is 2. The maximum Gasteiger partial charge on any atom is 0.224 e. The highest BCUT2D eigenvalue weighted by molar-refractivity contribution is 5.77. The van der Waals surface area contributed by atoms with E-state index in [9.17, 15) is 5.11 Å². The van der Waals surface area contributed by atoms with Crippen LogP contribution in [0.3, 0.4) is 0 Å². The largest absolute Gasteiger partial charge is 0.497 e. The smallest absolute Gasteiger partial charge is 0.224 e. The summed E-state index contributed by atoms with van der Waals surface area (Å²) in [5.74, 6) is 2.25. The second kappa shape index (κ2) is 8.91. The lowest BCUT2D eigenvalue weighted by atomic mass is 10.1. The van der Waals surface area contributed by atoms with Crippen molar-refractivity contribution < 1.29 is 24.1 Å². The van der Waals surface area contributed by atoms with Crippen molar-refractivity contribution in [2.24, 2.45) is 5.92 Å². The number of aliphatic hydroxyl groups excluding tert-OH is 2. The van der Waals surface area contributed by atoms with Gasteiger partial charge in [-0.05, 0) is 54.4 Å². The van der Waals surface area contributed by atoms with Crippen molar-refractivity contribution in [1.82, 2.24) is 4.98 Å². The fourth-order valence-electron chi connectivity index (χ4n) is 2.75. The van der Waals surface area contributed by atoms with E-state index in [1.807, 2.05) is 62.4 Å². The van der Waals surface area contributed by atoms with Crippen molar-refractivity contribution in [3.8, 4) is 34.1 Å². The van der Waals surface area contributed by atoms with Gasteiger partial charge in [0.05, 0.1) is 13.7 Å². The molecule has 3 rings (SSSR count). The molecule has 0 aliphatic carbocycles. The Morgan fingerprint density at radius 3 is 2.14 bits per heavy atom. The van der Waals surface area contributed by atoms with Crippen LogP contribution in [-0.4, -0.2) is 35.5 Å². The minimum absolute atomic E-state index is 0.0236. The Morgan fingerprint density at radius 1 is 0.964 bits per heavy atom. The molecule has 0 saturated carbocycles. The molecule has 1 heterocycles. The first-order chi connectivity index (χ1) is 13.5. The number of hydrogen-bond donors (Lipinski definition) is 2. The summed E-state index contributed by atoms with van der Waals surface area (Å²) >= 11 is 0. The summed E-state index contributed by atoms with van der Waals surface area (Å²) in [5.41, 5.74) is 2.33. The minimum Gasteiger partial charge on any atom is -0.497 e. The van der Waals surface area contributed by atoms with Crippen LogP contribution in [0.5, 0.6) is 11.5 Å². The van der Waals surface area contributed by atoms with Crippen molar-refractivity contribution in [3.05, 3.63) is 54.4 Å². The van der Waals surface area contributed by atoms with Gasteiger partial charge in [-0.25, -0.2) is 4.98 Å². The van der Waals surface area contributed by atoms with Crippen LogP contribution in [0.4, 0.5) is 0 Å². The van der Waals surface area contributed by atoms with E-state index >= 15 is 0 Å². The van der Waals surface area contributed by atoms with E-state index in [1.165, 1.54) is 0 Å². The Hall–Kier alpha value is -2.83. The number of nitrogens with zero attached hydrogens (tertiary/aromatic N) is 1. The highest BCUT2D eigenvalue weighted by atomic mass is 16.5. The van der Waals surface area contributed by atoms with E-state index in [4.69, 9.17) is 19.0 Å². The van der Waals surface area contributed by atoms with E-state index in [2.05, 4.69) is 4.98 Å². The Balaban J connectivity index is 2.02. The fourth-order valence-corrected chi connectivity index (χ4v) is 2.75. The molecule has 3 aromatic rings. The first kappa shape index (κ1) is 19.9. The number of benzene rings is 2. The van der Waals surface area contributed by atoms with Gasteiger partial charge in [-0.15, -0.1) is 0 Å². The van der Waals surface area contributed by atoms with Gasteiger partial charge < -0.3 is 24.1 Å². The summed E-state index contributed by atoms with van der Waals surface area (Å²) in [6.45, 7) is 4.02. The van der Waals surface area contributed by atoms with E-state index < -0.39 is 6.10 Å². The lowest BCUT2D eigenvalue weighted by Gasteiger charge is -2.09. The molecule has 0 radical (unpaired) electrons. The van der Waals surface area contributed by atoms with Crippen LogP contribution in [0.25, 0.3) is 22.6 Å². The summed E-state index contributed by atoms with van der Waals surface area (Å²) in [7, 11) is 1.62. The second-order valence-corrected chi connectivity index (χ2v) is 6.74. The fraction of sp³-hybridized carbons (Fsp3) is 0.318. The van der Waals surface area contributed by atoms with Crippen molar-refractivity contribution in [2.45, 2.75) is 20.0 Å². The van der Waals surface area contributed by atoms with Gasteiger partial charge in [0, 0.05) is 11.1 Å². The van der Waals surface area contributed by atoms with Crippen molar-refractivity contribution >= 4 is 0 Å². The summed E-state index contributed by atoms with van der Waals surface area (Å²) < 4.78 is 16.6. The molecule has 0 amide bonds. The molecule has 0 saturated heterocycles. The maximum atomic E-state index is 10.4. The first-order valence-electron chi connectivity index (χ1n) is 9.20. The maximum absolute atomic E-state index is 10.4. The SMILES string of the molecule is COc1ccc(-c2nc(C(O)C(C)C)oc2-c2ccc(OCCO)cc2)cc1. The summed E-state index contributed by atoms with van der Waals surface area (Å²) in [6.07, 6.45) is -0.794. The van der Waals surface area contributed by atoms with Crippen LogP contribution in [-0.2, 0) is 0 Å². The van der Waals surface area contributed by atoms with Crippen LogP contribution < -0.4 is 9.47 Å². The van der Waals surface area contributed by atoms with E-state index in [0.29, 0.717) is 17.2 Å².